The molecule has 1 aliphatic rings. The minimum atomic E-state index is -0.166. The number of carbonyl (C=O) groups is 1. The summed E-state index contributed by atoms with van der Waals surface area (Å²) in [6.45, 7) is 4.38. The van der Waals surface area contributed by atoms with Crippen molar-refractivity contribution in [3.8, 4) is 0 Å². The zero-order valence-electron chi connectivity index (χ0n) is 15.1. The standard InChI is InChI=1S/C21H23N3OS/c1-3-13-5-7-15(8-6-13)23-20(25)19-18(22)16-11-14-10-12(2)4-9-17(14)24-21(16)26-19/h5-8,11-12H,3-4,9-10,22H2,1-2H3,(H,23,25). The number of thiophene rings is 1. The molecule has 2 heterocycles. The van der Waals surface area contributed by atoms with Gasteiger partial charge in [-0.1, -0.05) is 26.0 Å². The number of benzene rings is 1. The van der Waals surface area contributed by atoms with Crippen LogP contribution in [0.2, 0.25) is 0 Å². The molecule has 26 heavy (non-hydrogen) atoms. The molecule has 2 aromatic heterocycles. The second-order valence-electron chi connectivity index (χ2n) is 7.14. The highest BCUT2D eigenvalue weighted by atomic mass is 32.1. The molecule has 0 saturated heterocycles. The maximum absolute atomic E-state index is 12.7. The first-order valence-electron chi connectivity index (χ1n) is 9.16. The number of pyridine rings is 1. The van der Waals surface area contributed by atoms with E-state index in [0.29, 0.717) is 16.5 Å². The molecule has 4 rings (SSSR count). The van der Waals surface area contributed by atoms with Crippen LogP contribution in [0.4, 0.5) is 11.4 Å². The highest BCUT2D eigenvalue weighted by molar-refractivity contribution is 7.21. The monoisotopic (exact) mass is 365 g/mol. The SMILES string of the molecule is CCc1ccc(NC(=O)c2sc3nc4c(cc3c2N)CC(C)CC4)cc1. The molecule has 0 saturated carbocycles. The summed E-state index contributed by atoms with van der Waals surface area (Å²) in [7, 11) is 0. The number of aromatic nitrogens is 1. The van der Waals surface area contributed by atoms with E-state index in [1.807, 2.05) is 24.3 Å². The van der Waals surface area contributed by atoms with Gasteiger partial charge in [-0.25, -0.2) is 4.98 Å². The van der Waals surface area contributed by atoms with Gasteiger partial charge < -0.3 is 11.1 Å². The largest absolute Gasteiger partial charge is 0.397 e. The molecule has 0 fully saturated rings. The lowest BCUT2D eigenvalue weighted by atomic mass is 9.87. The third-order valence-electron chi connectivity index (χ3n) is 5.16. The fourth-order valence-electron chi connectivity index (χ4n) is 3.55. The maximum atomic E-state index is 12.7. The number of amides is 1. The molecule has 1 aromatic carbocycles. The number of rotatable bonds is 3. The number of nitrogen functional groups attached to an aromatic ring is 1. The Bertz CT molecular complexity index is 975. The molecule has 0 spiro atoms. The smallest absolute Gasteiger partial charge is 0.267 e. The Kier molecular flexibility index (Phi) is 4.41. The summed E-state index contributed by atoms with van der Waals surface area (Å²) in [5, 5.41) is 3.86. The first kappa shape index (κ1) is 17.0. The van der Waals surface area contributed by atoms with E-state index in [-0.39, 0.29) is 5.91 Å². The summed E-state index contributed by atoms with van der Waals surface area (Å²) in [5.41, 5.74) is 11.3. The van der Waals surface area contributed by atoms with Crippen LogP contribution in [0.25, 0.3) is 10.2 Å². The number of carbonyl (C=O) groups excluding carboxylic acids is 1. The predicted octanol–water partition coefficient (Wildman–Crippen LogP) is 4.82. The molecule has 1 amide bonds. The number of anilines is 2. The Labute approximate surface area is 157 Å². The third-order valence-corrected chi connectivity index (χ3v) is 6.27. The second kappa shape index (κ2) is 6.72. The molecule has 1 atom stereocenters. The van der Waals surface area contributed by atoms with Crippen molar-refractivity contribution in [1.29, 1.82) is 0 Å². The van der Waals surface area contributed by atoms with Crippen molar-refractivity contribution >= 4 is 38.8 Å². The Morgan fingerprint density at radius 3 is 2.85 bits per heavy atom. The molecule has 0 bridgehead atoms. The summed E-state index contributed by atoms with van der Waals surface area (Å²) in [6, 6.07) is 10.1. The van der Waals surface area contributed by atoms with E-state index in [9.17, 15) is 4.79 Å². The summed E-state index contributed by atoms with van der Waals surface area (Å²) in [6.07, 6.45) is 4.20. The lowest BCUT2D eigenvalue weighted by molar-refractivity contribution is 0.103. The van der Waals surface area contributed by atoms with Crippen LogP contribution in [0.5, 0.6) is 0 Å². The molecule has 1 aliphatic carbocycles. The van der Waals surface area contributed by atoms with Crippen molar-refractivity contribution in [2.24, 2.45) is 5.92 Å². The number of hydrogen-bond acceptors (Lipinski definition) is 4. The van der Waals surface area contributed by atoms with E-state index in [4.69, 9.17) is 10.7 Å². The van der Waals surface area contributed by atoms with Gasteiger partial charge in [-0.15, -0.1) is 11.3 Å². The van der Waals surface area contributed by atoms with E-state index in [0.717, 1.165) is 35.2 Å². The van der Waals surface area contributed by atoms with Crippen molar-refractivity contribution in [3.63, 3.8) is 0 Å². The van der Waals surface area contributed by atoms with Crippen molar-refractivity contribution < 1.29 is 4.79 Å². The van der Waals surface area contributed by atoms with Gasteiger partial charge in [-0.05, 0) is 60.9 Å². The molecule has 5 heteroatoms. The van der Waals surface area contributed by atoms with Gasteiger partial charge in [-0.3, -0.25) is 4.79 Å². The minimum Gasteiger partial charge on any atom is -0.397 e. The Morgan fingerprint density at radius 2 is 2.12 bits per heavy atom. The normalized spacial score (nSPS) is 16.5. The quantitative estimate of drug-likeness (QED) is 0.699. The van der Waals surface area contributed by atoms with Crippen LogP contribution in [0.1, 0.15) is 46.8 Å². The zero-order chi connectivity index (χ0) is 18.3. The van der Waals surface area contributed by atoms with Gasteiger partial charge in [-0.2, -0.15) is 0 Å². The van der Waals surface area contributed by atoms with Crippen molar-refractivity contribution in [1.82, 2.24) is 4.98 Å². The fraction of sp³-hybridized carbons (Fsp3) is 0.333. The number of nitrogens with zero attached hydrogens (tertiary/aromatic N) is 1. The van der Waals surface area contributed by atoms with Crippen LogP contribution in [-0.2, 0) is 19.3 Å². The van der Waals surface area contributed by atoms with Crippen LogP contribution < -0.4 is 11.1 Å². The van der Waals surface area contributed by atoms with Crippen molar-refractivity contribution in [3.05, 3.63) is 52.0 Å². The molecular formula is C21H23N3OS. The Balaban J connectivity index is 1.65. The number of aryl methyl sites for hydroxylation is 2. The predicted molar refractivity (Wildman–Crippen MR) is 109 cm³/mol. The lowest BCUT2D eigenvalue weighted by Crippen LogP contribution is -2.12. The van der Waals surface area contributed by atoms with Crippen LogP contribution >= 0.6 is 11.3 Å². The van der Waals surface area contributed by atoms with Crippen molar-refractivity contribution in [2.75, 3.05) is 11.1 Å². The van der Waals surface area contributed by atoms with E-state index in [2.05, 4.69) is 25.2 Å². The van der Waals surface area contributed by atoms with E-state index in [1.54, 1.807) is 0 Å². The topological polar surface area (TPSA) is 68.0 Å². The number of hydrogen-bond donors (Lipinski definition) is 2. The Morgan fingerprint density at radius 1 is 1.35 bits per heavy atom. The molecule has 0 radical (unpaired) electrons. The summed E-state index contributed by atoms with van der Waals surface area (Å²) < 4.78 is 0. The van der Waals surface area contributed by atoms with Gasteiger partial charge >= 0.3 is 0 Å². The van der Waals surface area contributed by atoms with Crippen LogP contribution in [0, 0.1) is 5.92 Å². The Hall–Kier alpha value is -2.40. The minimum absolute atomic E-state index is 0.166. The maximum Gasteiger partial charge on any atom is 0.267 e. The lowest BCUT2D eigenvalue weighted by Gasteiger charge is -2.20. The molecular weight excluding hydrogens is 342 g/mol. The number of nitrogens with one attached hydrogen (secondary N) is 1. The highest BCUT2D eigenvalue weighted by Gasteiger charge is 2.22. The summed E-state index contributed by atoms with van der Waals surface area (Å²) >= 11 is 1.38. The van der Waals surface area contributed by atoms with Gasteiger partial charge in [0.2, 0.25) is 0 Å². The van der Waals surface area contributed by atoms with Crippen LogP contribution in [0.15, 0.2) is 30.3 Å². The van der Waals surface area contributed by atoms with Crippen LogP contribution in [-0.4, -0.2) is 10.9 Å². The van der Waals surface area contributed by atoms with Gasteiger partial charge in [0, 0.05) is 16.8 Å². The first-order valence-corrected chi connectivity index (χ1v) is 9.98. The molecule has 1 unspecified atom stereocenters. The zero-order valence-corrected chi connectivity index (χ0v) is 16.0. The molecule has 134 valence electrons. The summed E-state index contributed by atoms with van der Waals surface area (Å²) in [5.74, 6) is 0.511. The third kappa shape index (κ3) is 3.07. The average molecular weight is 366 g/mol. The second-order valence-corrected chi connectivity index (χ2v) is 8.14. The number of nitrogens with two attached hydrogens (primary N) is 1. The average Bonchev–Trinajstić information content (AvgIpc) is 2.96. The van der Waals surface area contributed by atoms with E-state index >= 15 is 0 Å². The molecule has 3 N–H and O–H groups in total. The van der Waals surface area contributed by atoms with E-state index < -0.39 is 0 Å². The van der Waals surface area contributed by atoms with Gasteiger partial charge in [0.05, 0.1) is 5.69 Å². The number of fused-ring (bicyclic) bond motifs is 2. The summed E-state index contributed by atoms with van der Waals surface area (Å²) in [4.78, 5) is 18.9. The van der Waals surface area contributed by atoms with Gasteiger partial charge in [0.15, 0.2) is 0 Å². The van der Waals surface area contributed by atoms with E-state index in [1.165, 1.54) is 34.6 Å². The fourth-order valence-corrected chi connectivity index (χ4v) is 4.54. The molecule has 0 aliphatic heterocycles. The van der Waals surface area contributed by atoms with Gasteiger partial charge in [0.1, 0.15) is 9.71 Å². The molecule has 4 nitrogen and oxygen atoms in total. The van der Waals surface area contributed by atoms with Crippen LogP contribution in [0.3, 0.4) is 0 Å². The first-order chi connectivity index (χ1) is 12.5. The van der Waals surface area contributed by atoms with Gasteiger partial charge in [0.25, 0.3) is 5.91 Å². The molecule has 3 aromatic rings. The van der Waals surface area contributed by atoms with Crippen molar-refractivity contribution in [2.45, 2.75) is 39.5 Å². The highest BCUT2D eigenvalue weighted by Crippen LogP contribution is 2.36.